The van der Waals surface area contributed by atoms with Crippen LogP contribution in [0.15, 0.2) is 72.4 Å². The minimum absolute atomic E-state index is 0.193. The molecule has 0 aromatic heterocycles. The Morgan fingerprint density at radius 3 is 1.94 bits per heavy atom. The van der Waals surface area contributed by atoms with E-state index >= 15 is 0 Å². The van der Waals surface area contributed by atoms with Gasteiger partial charge in [0.15, 0.2) is 0 Å². The van der Waals surface area contributed by atoms with Crippen LogP contribution < -0.4 is 0 Å². The van der Waals surface area contributed by atoms with Crippen molar-refractivity contribution >= 4 is 5.91 Å². The van der Waals surface area contributed by atoms with Gasteiger partial charge in [0.05, 0.1) is 19.3 Å². The zero-order valence-electron chi connectivity index (χ0n) is 17.7. The van der Waals surface area contributed by atoms with Gasteiger partial charge < -0.3 is 14.5 Å². The predicted molar refractivity (Wildman–Crippen MR) is 119 cm³/mol. The molecule has 0 aliphatic carbocycles. The maximum Gasteiger partial charge on any atom is 0.266 e. The number of carbonyl (C=O) groups excluding carboxylic acids is 1. The second-order valence-electron chi connectivity index (χ2n) is 7.85. The van der Waals surface area contributed by atoms with Gasteiger partial charge in [-0.25, -0.2) is 0 Å². The molecule has 0 spiro atoms. The van der Waals surface area contributed by atoms with Gasteiger partial charge in [-0.05, 0) is 11.1 Å². The predicted octanol–water partition coefficient (Wildman–Crippen LogP) is 2.66. The molecule has 4 rings (SSSR count). The third kappa shape index (κ3) is 5.13. The molecule has 1 amide bonds. The number of hydrogen-bond donors (Lipinski definition) is 0. The number of ether oxygens (including phenoxy) is 1. The van der Waals surface area contributed by atoms with E-state index in [0.29, 0.717) is 26.3 Å². The smallest absolute Gasteiger partial charge is 0.266 e. The molecule has 0 N–H and O–H groups in total. The fourth-order valence-electron chi connectivity index (χ4n) is 4.26. The summed E-state index contributed by atoms with van der Waals surface area (Å²) in [6, 6.07) is 23.4. The first-order valence-corrected chi connectivity index (χ1v) is 10.8. The number of amides is 1. The Morgan fingerprint density at radius 2 is 1.42 bits per heavy atom. The van der Waals surface area contributed by atoms with E-state index in [9.17, 15) is 10.1 Å². The van der Waals surface area contributed by atoms with E-state index in [-0.39, 0.29) is 17.5 Å². The largest absolute Gasteiger partial charge is 0.378 e. The maximum atomic E-state index is 12.7. The van der Waals surface area contributed by atoms with E-state index in [1.54, 1.807) is 11.1 Å². The molecule has 0 unspecified atom stereocenters. The lowest BCUT2D eigenvalue weighted by Gasteiger charge is -2.39. The van der Waals surface area contributed by atoms with Crippen LogP contribution in [0.4, 0.5) is 0 Å². The van der Waals surface area contributed by atoms with Gasteiger partial charge in [-0.1, -0.05) is 60.7 Å². The number of morpholine rings is 1. The summed E-state index contributed by atoms with van der Waals surface area (Å²) in [6.07, 6.45) is 1.75. The molecule has 2 aliphatic rings. The van der Waals surface area contributed by atoms with Crippen LogP contribution in [0.2, 0.25) is 0 Å². The second-order valence-corrected chi connectivity index (χ2v) is 7.85. The minimum Gasteiger partial charge on any atom is -0.378 e. The Hall–Kier alpha value is -3.14. The van der Waals surface area contributed by atoms with Crippen molar-refractivity contribution in [1.82, 2.24) is 14.7 Å². The summed E-state index contributed by atoms with van der Waals surface area (Å²) in [7, 11) is 0. The number of rotatable bonds is 5. The van der Waals surface area contributed by atoms with Crippen molar-refractivity contribution in [1.29, 1.82) is 5.26 Å². The average molecular weight is 417 g/mol. The summed E-state index contributed by atoms with van der Waals surface area (Å²) in [4.78, 5) is 19.0. The van der Waals surface area contributed by atoms with E-state index in [1.807, 2.05) is 12.1 Å². The summed E-state index contributed by atoms with van der Waals surface area (Å²) in [5.41, 5.74) is 2.76. The number of benzene rings is 2. The topological polar surface area (TPSA) is 59.8 Å². The zero-order chi connectivity index (χ0) is 21.5. The molecule has 0 bridgehead atoms. The van der Waals surface area contributed by atoms with Crippen molar-refractivity contribution in [3.63, 3.8) is 0 Å². The van der Waals surface area contributed by atoms with Gasteiger partial charge in [0.1, 0.15) is 11.6 Å². The van der Waals surface area contributed by atoms with Crippen LogP contribution in [0.25, 0.3) is 0 Å². The Bertz CT molecular complexity index is 885. The third-order valence-electron chi connectivity index (χ3n) is 5.91. The van der Waals surface area contributed by atoms with Gasteiger partial charge in [-0.15, -0.1) is 0 Å². The molecule has 6 heteroatoms. The van der Waals surface area contributed by atoms with Gasteiger partial charge in [0.25, 0.3) is 5.91 Å². The lowest BCUT2D eigenvalue weighted by atomic mass is 9.96. The molecule has 2 aromatic carbocycles. The fraction of sp³-hybridized carbons (Fsp3) is 0.360. The Kier molecular flexibility index (Phi) is 6.98. The Labute approximate surface area is 183 Å². The van der Waals surface area contributed by atoms with E-state index in [0.717, 1.165) is 26.2 Å². The monoisotopic (exact) mass is 416 g/mol. The van der Waals surface area contributed by atoms with E-state index in [1.165, 1.54) is 11.1 Å². The number of carbonyl (C=O) groups is 1. The van der Waals surface area contributed by atoms with Gasteiger partial charge in [-0.3, -0.25) is 9.69 Å². The standard InChI is InChI=1S/C25H28N4O2/c26-19-23(25(30)29-15-17-31-18-16-29)20-27-11-13-28(14-12-27)24(21-7-3-1-4-8-21)22-9-5-2-6-10-22/h1-10,20,24H,11-18H2/b23-20-. The first-order valence-electron chi connectivity index (χ1n) is 10.8. The fourth-order valence-corrected chi connectivity index (χ4v) is 4.26. The Morgan fingerprint density at radius 1 is 0.871 bits per heavy atom. The lowest BCUT2D eigenvalue weighted by Crippen LogP contribution is -2.46. The first-order chi connectivity index (χ1) is 15.3. The summed E-state index contributed by atoms with van der Waals surface area (Å²) in [5, 5.41) is 9.56. The van der Waals surface area contributed by atoms with E-state index in [4.69, 9.17) is 4.74 Å². The average Bonchev–Trinajstić information content (AvgIpc) is 2.85. The number of nitrogens with zero attached hydrogens (tertiary/aromatic N) is 4. The zero-order valence-corrected chi connectivity index (χ0v) is 17.7. The molecule has 0 radical (unpaired) electrons. The summed E-state index contributed by atoms with van der Waals surface area (Å²) in [5.74, 6) is -0.195. The summed E-state index contributed by atoms with van der Waals surface area (Å²) in [6.45, 7) is 5.41. The highest BCUT2D eigenvalue weighted by molar-refractivity contribution is 5.97. The second kappa shape index (κ2) is 10.3. The highest BCUT2D eigenvalue weighted by Gasteiger charge is 2.27. The lowest BCUT2D eigenvalue weighted by molar-refractivity contribution is -0.130. The molecule has 2 aromatic rings. The molecule has 0 atom stereocenters. The van der Waals surface area contributed by atoms with Crippen LogP contribution in [0.1, 0.15) is 17.2 Å². The molecule has 0 saturated carbocycles. The van der Waals surface area contributed by atoms with Crippen LogP contribution in [0.5, 0.6) is 0 Å². The van der Waals surface area contributed by atoms with Crippen molar-refractivity contribution in [2.45, 2.75) is 6.04 Å². The van der Waals surface area contributed by atoms with E-state index < -0.39 is 0 Å². The number of piperazine rings is 1. The normalized spacial score (nSPS) is 18.1. The van der Waals surface area contributed by atoms with Crippen LogP contribution >= 0.6 is 0 Å². The van der Waals surface area contributed by atoms with Gasteiger partial charge in [0, 0.05) is 45.5 Å². The molecule has 2 fully saturated rings. The van der Waals surface area contributed by atoms with Crippen LogP contribution in [0.3, 0.4) is 0 Å². The van der Waals surface area contributed by atoms with Gasteiger partial charge in [0.2, 0.25) is 0 Å². The SMILES string of the molecule is N#C/C(=C/N1CCN(C(c2ccccc2)c2ccccc2)CC1)C(=O)N1CCOCC1. The molecule has 2 heterocycles. The van der Waals surface area contributed by atoms with Crippen LogP contribution in [-0.2, 0) is 9.53 Å². The summed E-state index contributed by atoms with van der Waals surface area (Å²) < 4.78 is 5.31. The molecule has 160 valence electrons. The molecule has 31 heavy (non-hydrogen) atoms. The first kappa shape index (κ1) is 21.1. The third-order valence-corrected chi connectivity index (χ3v) is 5.91. The maximum absolute atomic E-state index is 12.7. The van der Waals surface area contributed by atoms with Crippen molar-refractivity contribution in [2.75, 3.05) is 52.5 Å². The Balaban J connectivity index is 1.45. The molecule has 2 saturated heterocycles. The molecule has 2 aliphatic heterocycles. The summed E-state index contributed by atoms with van der Waals surface area (Å²) >= 11 is 0. The molecular weight excluding hydrogens is 388 g/mol. The quantitative estimate of drug-likeness (QED) is 0.554. The molecular formula is C25H28N4O2. The van der Waals surface area contributed by atoms with Crippen molar-refractivity contribution < 1.29 is 9.53 Å². The van der Waals surface area contributed by atoms with Gasteiger partial charge in [-0.2, -0.15) is 5.26 Å². The number of hydrogen-bond acceptors (Lipinski definition) is 5. The molecule has 6 nitrogen and oxygen atoms in total. The van der Waals surface area contributed by atoms with E-state index in [2.05, 4.69) is 64.4 Å². The van der Waals surface area contributed by atoms with Crippen molar-refractivity contribution in [2.24, 2.45) is 0 Å². The minimum atomic E-state index is -0.195. The van der Waals surface area contributed by atoms with Gasteiger partial charge >= 0.3 is 0 Å². The highest BCUT2D eigenvalue weighted by atomic mass is 16.5. The highest BCUT2D eigenvalue weighted by Crippen LogP contribution is 2.29. The van der Waals surface area contributed by atoms with Crippen molar-refractivity contribution in [3.05, 3.63) is 83.6 Å². The van der Waals surface area contributed by atoms with Crippen molar-refractivity contribution in [3.8, 4) is 6.07 Å². The van der Waals surface area contributed by atoms with Crippen LogP contribution in [0, 0.1) is 11.3 Å². The number of nitriles is 1. The van der Waals surface area contributed by atoms with Crippen LogP contribution in [-0.4, -0.2) is 73.1 Å².